The van der Waals surface area contributed by atoms with Gasteiger partial charge in [0.05, 0.1) is 32.3 Å². The fraction of sp³-hybridized carbons (Fsp3) is 0.409. The first-order valence-electron chi connectivity index (χ1n) is 10.3. The summed E-state index contributed by atoms with van der Waals surface area (Å²) < 4.78 is 22.0. The van der Waals surface area contributed by atoms with Crippen LogP contribution in [0.1, 0.15) is 30.6 Å². The fourth-order valence-corrected chi connectivity index (χ4v) is 3.82. The standard InChI is InChI=1S/C22H26BNO6/c1-2-28-22(25)14-21-19-7-6-18(13-20(19)23(26)30-21)29-17-5-3-4-16(12-17)15-24-8-10-27-11-9-24/h3-7,12-13,21,26H,2,8-11,14-15H2,1H3. The Hall–Kier alpha value is -2.39. The molecule has 0 radical (unpaired) electrons. The number of nitrogens with zero attached hydrogens (tertiary/aromatic N) is 1. The van der Waals surface area contributed by atoms with E-state index in [0.29, 0.717) is 17.8 Å². The summed E-state index contributed by atoms with van der Waals surface area (Å²) in [5.41, 5.74) is 2.57. The molecule has 4 rings (SSSR count). The van der Waals surface area contributed by atoms with Crippen molar-refractivity contribution in [2.75, 3.05) is 32.9 Å². The third-order valence-corrected chi connectivity index (χ3v) is 5.27. The largest absolute Gasteiger partial charge is 0.492 e. The van der Waals surface area contributed by atoms with E-state index in [1.165, 1.54) is 5.56 Å². The average Bonchev–Trinajstić information content (AvgIpc) is 3.04. The maximum Gasteiger partial charge on any atom is 0.492 e. The maximum absolute atomic E-state index is 11.8. The van der Waals surface area contributed by atoms with Gasteiger partial charge in [-0.15, -0.1) is 0 Å². The molecule has 0 aliphatic carbocycles. The molecule has 8 heteroatoms. The minimum atomic E-state index is -1.09. The highest BCUT2D eigenvalue weighted by molar-refractivity contribution is 6.61. The van der Waals surface area contributed by atoms with Gasteiger partial charge in [-0.2, -0.15) is 0 Å². The van der Waals surface area contributed by atoms with Crippen molar-refractivity contribution in [3.05, 3.63) is 53.6 Å². The van der Waals surface area contributed by atoms with Crippen LogP contribution in [0.3, 0.4) is 0 Å². The van der Waals surface area contributed by atoms with Gasteiger partial charge in [0.1, 0.15) is 11.5 Å². The third-order valence-electron chi connectivity index (χ3n) is 5.27. The van der Waals surface area contributed by atoms with E-state index in [1.54, 1.807) is 13.0 Å². The van der Waals surface area contributed by atoms with Crippen LogP contribution >= 0.6 is 0 Å². The maximum atomic E-state index is 11.8. The normalized spacial score (nSPS) is 18.9. The number of benzene rings is 2. The zero-order chi connectivity index (χ0) is 20.9. The van der Waals surface area contributed by atoms with E-state index >= 15 is 0 Å². The Morgan fingerprint density at radius 3 is 2.80 bits per heavy atom. The smallest absolute Gasteiger partial charge is 0.466 e. The molecule has 2 aromatic carbocycles. The van der Waals surface area contributed by atoms with Crippen LogP contribution in [-0.2, 0) is 25.5 Å². The topological polar surface area (TPSA) is 77.5 Å². The van der Waals surface area contributed by atoms with E-state index in [1.807, 2.05) is 30.3 Å². The van der Waals surface area contributed by atoms with Crippen molar-refractivity contribution in [2.45, 2.75) is 26.0 Å². The average molecular weight is 411 g/mol. The predicted octanol–water partition coefficient (Wildman–Crippen LogP) is 2.02. The first-order valence-corrected chi connectivity index (χ1v) is 10.3. The Balaban J connectivity index is 1.44. The summed E-state index contributed by atoms with van der Waals surface area (Å²) in [6, 6.07) is 13.4. The van der Waals surface area contributed by atoms with Crippen LogP contribution in [0.5, 0.6) is 11.5 Å². The number of carbonyl (C=O) groups is 1. The van der Waals surface area contributed by atoms with Gasteiger partial charge in [0, 0.05) is 19.6 Å². The molecule has 0 aromatic heterocycles. The van der Waals surface area contributed by atoms with Gasteiger partial charge in [-0.25, -0.2) is 0 Å². The van der Waals surface area contributed by atoms with E-state index in [4.69, 9.17) is 18.9 Å². The number of hydrogen-bond acceptors (Lipinski definition) is 7. The molecule has 1 unspecified atom stereocenters. The van der Waals surface area contributed by atoms with Gasteiger partial charge >= 0.3 is 13.1 Å². The summed E-state index contributed by atoms with van der Waals surface area (Å²) in [5.74, 6) is 0.994. The number of morpholine rings is 1. The van der Waals surface area contributed by atoms with E-state index in [2.05, 4.69) is 11.0 Å². The van der Waals surface area contributed by atoms with Crippen LogP contribution in [0.2, 0.25) is 0 Å². The van der Waals surface area contributed by atoms with Gasteiger partial charge in [0.2, 0.25) is 0 Å². The van der Waals surface area contributed by atoms with E-state index in [9.17, 15) is 9.82 Å². The second-order valence-electron chi connectivity index (χ2n) is 7.41. The molecule has 7 nitrogen and oxygen atoms in total. The number of fused-ring (bicyclic) bond motifs is 1. The molecule has 0 saturated carbocycles. The molecule has 0 amide bonds. The Labute approximate surface area is 176 Å². The minimum absolute atomic E-state index is 0.0711. The number of carbonyl (C=O) groups excluding carboxylic acids is 1. The lowest BCUT2D eigenvalue weighted by atomic mass is 9.79. The molecule has 2 aromatic rings. The van der Waals surface area contributed by atoms with Gasteiger partial charge in [0.25, 0.3) is 0 Å². The van der Waals surface area contributed by atoms with Crippen molar-refractivity contribution >= 4 is 18.6 Å². The first-order chi connectivity index (χ1) is 14.6. The van der Waals surface area contributed by atoms with Crippen molar-refractivity contribution in [2.24, 2.45) is 0 Å². The molecule has 2 aliphatic rings. The first kappa shape index (κ1) is 20.9. The highest BCUT2D eigenvalue weighted by Crippen LogP contribution is 2.30. The lowest BCUT2D eigenvalue weighted by Gasteiger charge is -2.26. The van der Waals surface area contributed by atoms with Crippen molar-refractivity contribution in [3.8, 4) is 11.5 Å². The van der Waals surface area contributed by atoms with Crippen LogP contribution in [0.25, 0.3) is 0 Å². The summed E-state index contributed by atoms with van der Waals surface area (Å²) in [7, 11) is -1.09. The van der Waals surface area contributed by atoms with Crippen molar-refractivity contribution in [1.29, 1.82) is 0 Å². The van der Waals surface area contributed by atoms with Crippen LogP contribution in [0.15, 0.2) is 42.5 Å². The lowest BCUT2D eigenvalue weighted by molar-refractivity contribution is -0.145. The summed E-state index contributed by atoms with van der Waals surface area (Å²) in [6.07, 6.45) is -0.443. The summed E-state index contributed by atoms with van der Waals surface area (Å²) in [5, 5.41) is 10.3. The van der Waals surface area contributed by atoms with Gasteiger partial charge < -0.3 is 23.9 Å². The summed E-state index contributed by atoms with van der Waals surface area (Å²) in [4.78, 5) is 14.1. The van der Waals surface area contributed by atoms with Crippen LogP contribution in [0, 0.1) is 0 Å². The molecule has 158 valence electrons. The molecule has 2 aliphatic heterocycles. The highest BCUT2D eigenvalue weighted by atomic mass is 16.5. The molecule has 1 fully saturated rings. The van der Waals surface area contributed by atoms with Crippen LogP contribution in [-0.4, -0.2) is 55.9 Å². The quantitative estimate of drug-likeness (QED) is 0.552. The molecular formula is C22H26BNO6. The highest BCUT2D eigenvalue weighted by Gasteiger charge is 2.36. The zero-order valence-corrected chi connectivity index (χ0v) is 17.1. The molecule has 0 bridgehead atoms. The van der Waals surface area contributed by atoms with Gasteiger partial charge in [-0.1, -0.05) is 18.2 Å². The van der Waals surface area contributed by atoms with Crippen molar-refractivity contribution in [1.82, 2.24) is 4.90 Å². The van der Waals surface area contributed by atoms with Gasteiger partial charge in [-0.05, 0) is 47.8 Å². The summed E-state index contributed by atoms with van der Waals surface area (Å²) >= 11 is 0. The van der Waals surface area contributed by atoms with Crippen molar-refractivity contribution in [3.63, 3.8) is 0 Å². The molecule has 0 spiro atoms. The number of rotatable bonds is 7. The van der Waals surface area contributed by atoms with E-state index in [0.717, 1.165) is 44.2 Å². The van der Waals surface area contributed by atoms with Gasteiger partial charge in [-0.3, -0.25) is 9.69 Å². The SMILES string of the molecule is CCOC(=O)CC1OB(O)c2cc(Oc3cccc(CN4CCOCC4)c3)ccc21. The lowest BCUT2D eigenvalue weighted by Crippen LogP contribution is -2.35. The third kappa shape index (κ3) is 5.02. The minimum Gasteiger partial charge on any atom is -0.466 e. The molecule has 1 N–H and O–H groups in total. The Bertz CT molecular complexity index is 886. The van der Waals surface area contributed by atoms with Gasteiger partial charge in [0.15, 0.2) is 0 Å². The molecule has 30 heavy (non-hydrogen) atoms. The molecule has 1 saturated heterocycles. The predicted molar refractivity (Wildman–Crippen MR) is 112 cm³/mol. The molecule has 1 atom stereocenters. The van der Waals surface area contributed by atoms with Crippen molar-refractivity contribution < 1.29 is 28.7 Å². The van der Waals surface area contributed by atoms with E-state index in [-0.39, 0.29) is 12.4 Å². The Morgan fingerprint density at radius 2 is 2.00 bits per heavy atom. The zero-order valence-electron chi connectivity index (χ0n) is 17.1. The van der Waals surface area contributed by atoms with Crippen LogP contribution < -0.4 is 10.2 Å². The monoisotopic (exact) mass is 411 g/mol. The second kappa shape index (κ2) is 9.62. The molecular weight excluding hydrogens is 385 g/mol. The fourth-order valence-electron chi connectivity index (χ4n) is 3.82. The summed E-state index contributed by atoms with van der Waals surface area (Å²) in [6.45, 7) is 6.34. The number of hydrogen-bond donors (Lipinski definition) is 1. The second-order valence-corrected chi connectivity index (χ2v) is 7.41. The van der Waals surface area contributed by atoms with Crippen LogP contribution in [0.4, 0.5) is 0 Å². The number of ether oxygens (including phenoxy) is 3. The number of esters is 1. The Morgan fingerprint density at radius 1 is 1.20 bits per heavy atom. The molecule has 2 heterocycles. The van der Waals surface area contributed by atoms with E-state index < -0.39 is 13.2 Å². The Kier molecular flexibility index (Phi) is 6.69.